The van der Waals surface area contributed by atoms with E-state index in [9.17, 15) is 14.4 Å². The SMILES string of the molecule is O=C1CCC(N2Cc3ccc(CNCc4ccc(N5CCNCC5)cc4)cc3C2=O)C(=O)N1. The molecule has 3 amide bonds. The van der Waals surface area contributed by atoms with Gasteiger partial charge in [-0.2, -0.15) is 0 Å². The van der Waals surface area contributed by atoms with E-state index < -0.39 is 6.04 Å². The minimum Gasteiger partial charge on any atom is -0.369 e. The monoisotopic (exact) mass is 447 g/mol. The van der Waals surface area contributed by atoms with Crippen LogP contribution in [0.5, 0.6) is 0 Å². The summed E-state index contributed by atoms with van der Waals surface area (Å²) in [5.74, 6) is -0.783. The fraction of sp³-hybridized carbons (Fsp3) is 0.400. The quantitative estimate of drug-likeness (QED) is 0.576. The summed E-state index contributed by atoms with van der Waals surface area (Å²) in [7, 11) is 0. The van der Waals surface area contributed by atoms with Gasteiger partial charge >= 0.3 is 0 Å². The first kappa shape index (κ1) is 21.6. The number of carbonyl (C=O) groups excluding carboxylic acids is 3. The van der Waals surface area contributed by atoms with Crippen LogP contribution in [0.1, 0.15) is 39.9 Å². The van der Waals surface area contributed by atoms with Crippen LogP contribution in [0.15, 0.2) is 42.5 Å². The molecule has 172 valence electrons. The van der Waals surface area contributed by atoms with Gasteiger partial charge in [0.05, 0.1) is 0 Å². The Morgan fingerprint density at radius 1 is 0.939 bits per heavy atom. The molecule has 2 saturated heterocycles. The van der Waals surface area contributed by atoms with Gasteiger partial charge in [-0.1, -0.05) is 24.3 Å². The topological polar surface area (TPSA) is 93.8 Å². The molecule has 5 rings (SSSR count). The lowest BCUT2D eigenvalue weighted by molar-refractivity contribution is -0.136. The molecule has 2 aromatic rings. The zero-order valence-corrected chi connectivity index (χ0v) is 18.6. The molecular formula is C25H29N5O3. The van der Waals surface area contributed by atoms with E-state index in [2.05, 4.69) is 45.1 Å². The lowest BCUT2D eigenvalue weighted by atomic mass is 10.0. The van der Waals surface area contributed by atoms with Crippen LogP contribution in [0.2, 0.25) is 0 Å². The van der Waals surface area contributed by atoms with Crippen molar-refractivity contribution < 1.29 is 14.4 Å². The highest BCUT2D eigenvalue weighted by Crippen LogP contribution is 2.28. The number of imide groups is 1. The number of amides is 3. The van der Waals surface area contributed by atoms with Gasteiger partial charge in [0, 0.05) is 63.5 Å². The van der Waals surface area contributed by atoms with Crippen LogP contribution in [0.4, 0.5) is 5.69 Å². The number of fused-ring (bicyclic) bond motifs is 1. The molecule has 1 unspecified atom stereocenters. The van der Waals surface area contributed by atoms with E-state index in [-0.39, 0.29) is 24.1 Å². The van der Waals surface area contributed by atoms with E-state index in [1.165, 1.54) is 11.3 Å². The number of piperidine rings is 1. The number of piperazine rings is 1. The Morgan fingerprint density at radius 2 is 1.67 bits per heavy atom. The van der Waals surface area contributed by atoms with Crippen molar-refractivity contribution in [1.82, 2.24) is 20.9 Å². The summed E-state index contributed by atoms with van der Waals surface area (Å²) >= 11 is 0. The van der Waals surface area contributed by atoms with E-state index in [1.54, 1.807) is 4.90 Å². The number of nitrogens with zero attached hydrogens (tertiary/aromatic N) is 2. The van der Waals surface area contributed by atoms with Crippen molar-refractivity contribution in [3.05, 3.63) is 64.7 Å². The Hall–Kier alpha value is -3.23. The number of hydrogen-bond donors (Lipinski definition) is 3. The Balaban J connectivity index is 1.17. The molecule has 3 N–H and O–H groups in total. The van der Waals surface area contributed by atoms with Crippen LogP contribution >= 0.6 is 0 Å². The van der Waals surface area contributed by atoms with Crippen LogP contribution in [-0.4, -0.2) is 54.8 Å². The summed E-state index contributed by atoms with van der Waals surface area (Å²) in [6.45, 7) is 5.93. The fourth-order valence-electron chi connectivity index (χ4n) is 4.81. The fourth-order valence-corrected chi connectivity index (χ4v) is 4.81. The van der Waals surface area contributed by atoms with E-state index in [4.69, 9.17) is 0 Å². The molecule has 0 spiro atoms. The first-order valence-corrected chi connectivity index (χ1v) is 11.6. The molecule has 3 heterocycles. The smallest absolute Gasteiger partial charge is 0.255 e. The third-order valence-electron chi connectivity index (χ3n) is 6.67. The number of anilines is 1. The second-order valence-corrected chi connectivity index (χ2v) is 8.90. The van der Waals surface area contributed by atoms with Gasteiger partial charge in [0.25, 0.3) is 5.91 Å². The number of nitrogens with one attached hydrogen (secondary N) is 3. The summed E-state index contributed by atoms with van der Waals surface area (Å²) in [4.78, 5) is 40.6. The van der Waals surface area contributed by atoms with Crippen molar-refractivity contribution in [1.29, 1.82) is 0 Å². The van der Waals surface area contributed by atoms with Gasteiger partial charge in [-0.25, -0.2) is 0 Å². The molecule has 1 atom stereocenters. The van der Waals surface area contributed by atoms with Crippen molar-refractivity contribution in [3.8, 4) is 0 Å². The molecule has 0 aromatic heterocycles. The van der Waals surface area contributed by atoms with Crippen LogP contribution in [0.25, 0.3) is 0 Å². The molecule has 2 aromatic carbocycles. The molecule has 33 heavy (non-hydrogen) atoms. The van der Waals surface area contributed by atoms with E-state index in [0.29, 0.717) is 25.1 Å². The molecular weight excluding hydrogens is 418 g/mol. The molecule has 0 bridgehead atoms. The zero-order chi connectivity index (χ0) is 22.8. The normalized spacial score (nSPS) is 20.7. The van der Waals surface area contributed by atoms with Gasteiger partial charge < -0.3 is 20.4 Å². The third-order valence-corrected chi connectivity index (χ3v) is 6.67. The summed E-state index contributed by atoms with van der Waals surface area (Å²) < 4.78 is 0. The molecule has 2 fully saturated rings. The summed E-state index contributed by atoms with van der Waals surface area (Å²) in [5.41, 5.74) is 5.09. The first-order chi connectivity index (χ1) is 16.1. The third kappa shape index (κ3) is 4.62. The maximum Gasteiger partial charge on any atom is 0.255 e. The van der Waals surface area contributed by atoms with E-state index >= 15 is 0 Å². The average Bonchev–Trinajstić information content (AvgIpc) is 3.16. The van der Waals surface area contributed by atoms with Gasteiger partial charge in [-0.15, -0.1) is 0 Å². The Bertz CT molecular complexity index is 1060. The van der Waals surface area contributed by atoms with Crippen molar-refractivity contribution in [2.75, 3.05) is 31.1 Å². The van der Waals surface area contributed by atoms with Crippen molar-refractivity contribution >= 4 is 23.4 Å². The van der Waals surface area contributed by atoms with Crippen LogP contribution < -0.4 is 20.9 Å². The van der Waals surface area contributed by atoms with Crippen molar-refractivity contribution in [2.45, 2.75) is 38.5 Å². The highest BCUT2D eigenvalue weighted by atomic mass is 16.2. The highest BCUT2D eigenvalue weighted by molar-refractivity contribution is 6.05. The molecule has 3 aliphatic rings. The maximum atomic E-state index is 13.0. The van der Waals surface area contributed by atoms with Crippen molar-refractivity contribution in [2.24, 2.45) is 0 Å². The number of hydrogen-bond acceptors (Lipinski definition) is 6. The van der Waals surface area contributed by atoms with Crippen LogP contribution in [0.3, 0.4) is 0 Å². The predicted octanol–water partition coefficient (Wildman–Crippen LogP) is 1.15. The maximum absolute atomic E-state index is 13.0. The Morgan fingerprint density at radius 3 is 2.42 bits per heavy atom. The molecule has 8 heteroatoms. The van der Waals surface area contributed by atoms with Gasteiger partial charge in [-0.05, 0) is 41.3 Å². The van der Waals surface area contributed by atoms with Gasteiger partial charge in [-0.3, -0.25) is 19.7 Å². The lowest BCUT2D eigenvalue weighted by Crippen LogP contribution is -2.52. The first-order valence-electron chi connectivity index (χ1n) is 11.6. The van der Waals surface area contributed by atoms with Gasteiger partial charge in [0.1, 0.15) is 6.04 Å². The van der Waals surface area contributed by atoms with Gasteiger partial charge in [0.15, 0.2) is 0 Å². The van der Waals surface area contributed by atoms with Gasteiger partial charge in [0.2, 0.25) is 11.8 Å². The summed E-state index contributed by atoms with van der Waals surface area (Å²) in [6.07, 6.45) is 0.647. The van der Waals surface area contributed by atoms with Crippen LogP contribution in [-0.2, 0) is 29.2 Å². The van der Waals surface area contributed by atoms with E-state index in [0.717, 1.165) is 43.9 Å². The number of rotatable bonds is 6. The van der Waals surface area contributed by atoms with Crippen molar-refractivity contribution in [3.63, 3.8) is 0 Å². The molecule has 3 aliphatic heterocycles. The second-order valence-electron chi connectivity index (χ2n) is 8.90. The Labute approximate surface area is 193 Å². The molecule has 0 saturated carbocycles. The summed E-state index contributed by atoms with van der Waals surface area (Å²) in [6, 6.07) is 14.0. The summed E-state index contributed by atoms with van der Waals surface area (Å²) in [5, 5.41) is 9.18. The lowest BCUT2D eigenvalue weighted by Gasteiger charge is -2.29. The second kappa shape index (κ2) is 9.33. The highest BCUT2D eigenvalue weighted by Gasteiger charge is 2.39. The zero-order valence-electron chi connectivity index (χ0n) is 18.6. The number of carbonyl (C=O) groups is 3. The Kier molecular flexibility index (Phi) is 6.11. The minimum atomic E-state index is -0.576. The molecule has 0 radical (unpaired) electrons. The minimum absolute atomic E-state index is 0.134. The average molecular weight is 448 g/mol. The van der Waals surface area contributed by atoms with E-state index in [1.807, 2.05) is 18.2 Å². The largest absolute Gasteiger partial charge is 0.369 e. The predicted molar refractivity (Wildman–Crippen MR) is 125 cm³/mol. The molecule has 8 nitrogen and oxygen atoms in total. The molecule has 0 aliphatic carbocycles. The standard InChI is InChI=1S/C25H29N5O3/c31-23-8-7-22(24(32)28-23)30-16-19-4-1-18(13-21(19)25(30)33)15-27-14-17-2-5-20(6-3-17)29-11-9-26-10-12-29/h1-6,13,22,26-27H,7-12,14-16H2,(H,28,31,32). The number of benzene rings is 2. The van der Waals surface area contributed by atoms with Crippen LogP contribution in [0, 0.1) is 0 Å².